The molecule has 22 heavy (non-hydrogen) atoms. The predicted octanol–water partition coefficient (Wildman–Crippen LogP) is 1.76. The second-order valence-corrected chi connectivity index (χ2v) is 6.22. The Bertz CT molecular complexity index is 789. The second-order valence-electron chi connectivity index (χ2n) is 5.44. The molecule has 1 unspecified atom stereocenters. The van der Waals surface area contributed by atoms with Crippen molar-refractivity contribution in [2.75, 3.05) is 11.6 Å². The lowest BCUT2D eigenvalue weighted by Crippen LogP contribution is -2.32. The first-order valence-corrected chi connectivity index (χ1v) is 8.43. The van der Waals surface area contributed by atoms with Crippen molar-refractivity contribution in [2.45, 2.75) is 30.5 Å². The van der Waals surface area contributed by atoms with Gasteiger partial charge in [0, 0.05) is 30.9 Å². The van der Waals surface area contributed by atoms with E-state index in [9.17, 15) is 4.79 Å². The van der Waals surface area contributed by atoms with Crippen LogP contribution in [0, 0.1) is 0 Å². The van der Waals surface area contributed by atoms with Crippen molar-refractivity contribution in [3.63, 3.8) is 0 Å². The zero-order valence-corrected chi connectivity index (χ0v) is 13.2. The monoisotopic (exact) mass is 316 g/mol. The Kier molecular flexibility index (Phi) is 3.07. The quantitative estimate of drug-likeness (QED) is 0.851. The number of thioether (sulfide) groups is 1. The van der Waals surface area contributed by atoms with E-state index in [0.29, 0.717) is 17.5 Å². The summed E-state index contributed by atoms with van der Waals surface area (Å²) < 4.78 is 3.61. The number of aryl methyl sites for hydroxylation is 1. The van der Waals surface area contributed by atoms with Crippen LogP contribution in [0.15, 0.2) is 28.7 Å². The number of carbonyl (C=O) groups excluding carboxylic acids is 1. The number of carbonyl (C=O) groups is 1. The van der Waals surface area contributed by atoms with E-state index < -0.39 is 0 Å². The van der Waals surface area contributed by atoms with Gasteiger partial charge < -0.3 is 5.32 Å². The Morgan fingerprint density at radius 1 is 1.41 bits per heavy atom. The minimum Gasteiger partial charge on any atom is -0.328 e. The molecule has 0 spiro atoms. The van der Waals surface area contributed by atoms with Gasteiger partial charge in [-0.3, -0.25) is 9.48 Å². The molecule has 0 saturated heterocycles. The van der Waals surface area contributed by atoms with Gasteiger partial charge in [0.1, 0.15) is 6.04 Å². The maximum Gasteiger partial charge on any atom is 0.227 e. The number of aromatic nitrogens is 5. The van der Waals surface area contributed by atoms with Crippen molar-refractivity contribution in [1.82, 2.24) is 24.5 Å². The molecule has 0 amide bonds. The van der Waals surface area contributed by atoms with Gasteiger partial charge in [-0.15, -0.1) is 5.10 Å². The zero-order chi connectivity index (χ0) is 15.3. The summed E-state index contributed by atoms with van der Waals surface area (Å²) in [5.41, 5.74) is 2.73. The van der Waals surface area contributed by atoms with Crippen molar-refractivity contribution in [3.05, 3.63) is 29.2 Å². The Balaban J connectivity index is 1.94. The highest BCUT2D eigenvalue weighted by Crippen LogP contribution is 2.40. The van der Waals surface area contributed by atoms with Crippen LogP contribution in [0.3, 0.4) is 0 Å². The van der Waals surface area contributed by atoms with Crippen LogP contribution in [0.5, 0.6) is 0 Å². The molecule has 1 aliphatic carbocycles. The van der Waals surface area contributed by atoms with E-state index in [0.717, 1.165) is 29.8 Å². The summed E-state index contributed by atoms with van der Waals surface area (Å²) in [5, 5.41) is 12.8. The molecular weight excluding hydrogens is 300 g/mol. The third kappa shape index (κ3) is 1.90. The molecule has 3 heterocycles. The first-order valence-electron chi connectivity index (χ1n) is 7.20. The summed E-state index contributed by atoms with van der Waals surface area (Å²) in [6.45, 7) is 0. The standard InChI is InChI=1S/C14H16N6OS/c1-19-9(6-7-15-19)12-11-8(4-3-5-10(11)21)16-13-17-14(22-2)18-20(12)13/h6-7,12H,3-5H2,1-2H3,(H,16,17,18). The van der Waals surface area contributed by atoms with E-state index in [1.807, 2.05) is 24.1 Å². The topological polar surface area (TPSA) is 77.6 Å². The van der Waals surface area contributed by atoms with Gasteiger partial charge in [0.25, 0.3) is 0 Å². The van der Waals surface area contributed by atoms with E-state index >= 15 is 0 Å². The van der Waals surface area contributed by atoms with Crippen molar-refractivity contribution in [3.8, 4) is 0 Å². The molecule has 7 nitrogen and oxygen atoms in total. The van der Waals surface area contributed by atoms with Gasteiger partial charge in [0.05, 0.1) is 5.69 Å². The highest BCUT2D eigenvalue weighted by atomic mass is 32.2. The van der Waals surface area contributed by atoms with Crippen LogP contribution in [0.25, 0.3) is 0 Å². The number of anilines is 1. The maximum atomic E-state index is 12.5. The number of hydrogen-bond donors (Lipinski definition) is 1. The second kappa shape index (κ2) is 4.98. The summed E-state index contributed by atoms with van der Waals surface area (Å²) in [7, 11) is 1.89. The fourth-order valence-corrected chi connectivity index (χ4v) is 3.50. The van der Waals surface area contributed by atoms with E-state index in [1.165, 1.54) is 11.8 Å². The molecule has 2 aliphatic rings. The first-order chi connectivity index (χ1) is 10.7. The van der Waals surface area contributed by atoms with Crippen LogP contribution in [-0.2, 0) is 11.8 Å². The molecule has 4 rings (SSSR count). The molecule has 2 aromatic heterocycles. The van der Waals surface area contributed by atoms with E-state index in [-0.39, 0.29) is 11.8 Å². The minimum absolute atomic E-state index is 0.187. The van der Waals surface area contributed by atoms with Crippen LogP contribution < -0.4 is 5.32 Å². The Morgan fingerprint density at radius 3 is 3.00 bits per heavy atom. The third-order valence-electron chi connectivity index (χ3n) is 4.17. The number of hydrogen-bond acceptors (Lipinski definition) is 6. The number of nitrogens with zero attached hydrogens (tertiary/aromatic N) is 5. The lowest BCUT2D eigenvalue weighted by molar-refractivity contribution is -0.116. The molecule has 2 aromatic rings. The molecule has 8 heteroatoms. The molecule has 0 radical (unpaired) electrons. The van der Waals surface area contributed by atoms with Gasteiger partial charge in [-0.05, 0) is 25.2 Å². The van der Waals surface area contributed by atoms with Gasteiger partial charge in [-0.25, -0.2) is 4.68 Å². The number of ketones is 1. The zero-order valence-electron chi connectivity index (χ0n) is 12.4. The fourth-order valence-electron chi connectivity index (χ4n) is 3.15. The maximum absolute atomic E-state index is 12.5. The smallest absolute Gasteiger partial charge is 0.227 e. The molecule has 0 fully saturated rings. The number of fused-ring (bicyclic) bond motifs is 1. The van der Waals surface area contributed by atoms with Crippen LogP contribution in [0.1, 0.15) is 31.0 Å². The van der Waals surface area contributed by atoms with Crippen molar-refractivity contribution in [1.29, 1.82) is 0 Å². The van der Waals surface area contributed by atoms with Gasteiger partial charge in [0.2, 0.25) is 11.1 Å². The molecule has 0 aromatic carbocycles. The van der Waals surface area contributed by atoms with Gasteiger partial charge >= 0.3 is 0 Å². The van der Waals surface area contributed by atoms with Crippen LogP contribution in [0.4, 0.5) is 5.95 Å². The number of allylic oxidation sites excluding steroid dienone is 2. The van der Waals surface area contributed by atoms with Gasteiger partial charge in [-0.1, -0.05) is 11.8 Å². The molecule has 1 N–H and O–H groups in total. The van der Waals surface area contributed by atoms with Crippen LogP contribution in [0.2, 0.25) is 0 Å². The normalized spacial score (nSPS) is 20.6. The number of nitrogens with one attached hydrogen (secondary N) is 1. The van der Waals surface area contributed by atoms with Crippen LogP contribution in [-0.4, -0.2) is 36.6 Å². The number of Topliss-reactive ketones (excluding diaryl/α,β-unsaturated/α-hetero) is 1. The third-order valence-corrected chi connectivity index (χ3v) is 4.71. The highest BCUT2D eigenvalue weighted by Gasteiger charge is 2.37. The summed E-state index contributed by atoms with van der Waals surface area (Å²) in [6, 6.07) is 1.69. The molecule has 0 bridgehead atoms. The van der Waals surface area contributed by atoms with Gasteiger partial charge in [-0.2, -0.15) is 10.1 Å². The molecule has 114 valence electrons. The summed E-state index contributed by atoms with van der Waals surface area (Å²) in [5.74, 6) is 0.885. The van der Waals surface area contributed by atoms with Gasteiger partial charge in [0.15, 0.2) is 5.78 Å². The average Bonchev–Trinajstić information content (AvgIpc) is 3.11. The Morgan fingerprint density at radius 2 is 2.27 bits per heavy atom. The summed E-state index contributed by atoms with van der Waals surface area (Å²) in [4.78, 5) is 17.0. The molecule has 0 saturated carbocycles. The molecular formula is C14H16N6OS. The lowest BCUT2D eigenvalue weighted by Gasteiger charge is -2.31. The fraction of sp³-hybridized carbons (Fsp3) is 0.429. The SMILES string of the molecule is CSc1nc2n(n1)C(c1ccnn1C)C1=C(CCCC1=O)N2. The van der Waals surface area contributed by atoms with E-state index in [1.54, 1.807) is 10.9 Å². The van der Waals surface area contributed by atoms with E-state index in [2.05, 4.69) is 20.5 Å². The minimum atomic E-state index is -0.250. The van der Waals surface area contributed by atoms with Crippen LogP contribution >= 0.6 is 11.8 Å². The number of rotatable bonds is 2. The Labute approximate surface area is 131 Å². The summed E-state index contributed by atoms with van der Waals surface area (Å²) >= 11 is 1.49. The van der Waals surface area contributed by atoms with Crippen molar-refractivity contribution >= 4 is 23.5 Å². The lowest BCUT2D eigenvalue weighted by atomic mass is 9.87. The van der Waals surface area contributed by atoms with Crippen molar-refractivity contribution in [2.24, 2.45) is 7.05 Å². The molecule has 1 atom stereocenters. The molecule has 1 aliphatic heterocycles. The first kappa shape index (κ1) is 13.6. The van der Waals surface area contributed by atoms with E-state index in [4.69, 9.17) is 0 Å². The highest BCUT2D eigenvalue weighted by molar-refractivity contribution is 7.98. The summed E-state index contributed by atoms with van der Waals surface area (Å²) in [6.07, 6.45) is 6.04. The predicted molar refractivity (Wildman–Crippen MR) is 82.7 cm³/mol. The average molecular weight is 316 g/mol. The largest absolute Gasteiger partial charge is 0.328 e. The van der Waals surface area contributed by atoms with Crippen molar-refractivity contribution < 1.29 is 4.79 Å². The Hall–Kier alpha value is -2.09.